The number of hydrogen-bond acceptors (Lipinski definition) is 4. The maximum atomic E-state index is 12.3. The first kappa shape index (κ1) is 19.8. The van der Waals surface area contributed by atoms with Crippen molar-refractivity contribution >= 4 is 27.5 Å². The Morgan fingerprint density at radius 3 is 2.36 bits per heavy atom. The third-order valence-corrected chi connectivity index (χ3v) is 4.92. The monoisotopic (exact) mass is 369 g/mol. The van der Waals surface area contributed by atoms with Gasteiger partial charge in [-0.25, -0.2) is 0 Å². The van der Waals surface area contributed by atoms with Crippen molar-refractivity contribution < 1.29 is 53.5 Å². The Morgan fingerprint density at radius 1 is 1.08 bits per heavy atom. The normalized spacial score (nSPS) is 13.6. The van der Waals surface area contributed by atoms with E-state index in [4.69, 9.17) is 4.55 Å². The van der Waals surface area contributed by atoms with E-state index in [0.717, 1.165) is 22.8 Å². The van der Waals surface area contributed by atoms with Crippen molar-refractivity contribution in [1.82, 2.24) is 0 Å². The minimum Gasteiger partial charge on any atom is -1.00 e. The third kappa shape index (κ3) is 3.70. The molecule has 0 unspecified atom stereocenters. The summed E-state index contributed by atoms with van der Waals surface area (Å²) in [5.74, 6) is -1.49. The zero-order valence-corrected chi connectivity index (χ0v) is 16.9. The number of rotatable bonds is 3. The molecular formula is C17H16NNaO5S. The molecule has 0 aromatic heterocycles. The van der Waals surface area contributed by atoms with Crippen molar-refractivity contribution in [2.75, 3.05) is 4.90 Å². The minimum atomic E-state index is -4.44. The molecule has 6 nitrogen and oxygen atoms in total. The van der Waals surface area contributed by atoms with Gasteiger partial charge in [0, 0.05) is 0 Å². The van der Waals surface area contributed by atoms with Crippen LogP contribution in [0.3, 0.4) is 0 Å². The molecule has 1 amide bonds. The van der Waals surface area contributed by atoms with Crippen LogP contribution in [0.2, 0.25) is 0 Å². The largest absolute Gasteiger partial charge is 1.00 e. The number of anilines is 1. The molecule has 25 heavy (non-hydrogen) atoms. The number of carbonyl (C=O) groups excluding carboxylic acids is 2. The van der Waals surface area contributed by atoms with E-state index >= 15 is 0 Å². The molecule has 8 heteroatoms. The van der Waals surface area contributed by atoms with Gasteiger partial charge in [0.2, 0.25) is 0 Å². The Labute approximate surface area is 169 Å². The van der Waals surface area contributed by atoms with E-state index in [1.165, 1.54) is 17.0 Å². The fourth-order valence-electron chi connectivity index (χ4n) is 2.79. The summed E-state index contributed by atoms with van der Waals surface area (Å²) in [6.45, 7) is 4.11. The van der Waals surface area contributed by atoms with Gasteiger partial charge in [0.05, 0.1) is 22.7 Å². The van der Waals surface area contributed by atoms with Crippen LogP contribution in [0.5, 0.6) is 0 Å². The molecule has 0 radical (unpaired) electrons. The second kappa shape index (κ2) is 7.01. The maximum absolute atomic E-state index is 12.3. The number of fused-ring (bicyclic) bond motifs is 1. The Hall–Kier alpha value is -1.51. The molecule has 3 rings (SSSR count). The Balaban J connectivity index is 0.00000169. The summed E-state index contributed by atoms with van der Waals surface area (Å²) in [4.78, 5) is 25.3. The summed E-state index contributed by atoms with van der Waals surface area (Å²) in [5, 5.41) is 0. The molecule has 0 saturated carbocycles. The molecule has 0 spiro atoms. The molecule has 1 heterocycles. The summed E-state index contributed by atoms with van der Waals surface area (Å²) in [5.41, 5.74) is 3.32. The molecule has 2 aromatic carbocycles. The zero-order valence-electron chi connectivity index (χ0n) is 15.1. The second-order valence-corrected chi connectivity index (χ2v) is 7.23. The number of benzene rings is 2. The van der Waals surface area contributed by atoms with Crippen LogP contribution in [0.4, 0.5) is 5.69 Å². The maximum Gasteiger partial charge on any atom is 1.00 e. The van der Waals surface area contributed by atoms with E-state index in [-0.39, 0.29) is 43.1 Å². The molecule has 1 N–H and O–H groups in total. The average molecular weight is 369 g/mol. The van der Waals surface area contributed by atoms with Gasteiger partial charge in [-0.3, -0.25) is 14.1 Å². The van der Waals surface area contributed by atoms with E-state index in [0.29, 0.717) is 5.69 Å². The van der Waals surface area contributed by atoms with Gasteiger partial charge < -0.3 is 6.33 Å². The predicted octanol–water partition coefficient (Wildman–Crippen LogP) is -0.604. The van der Waals surface area contributed by atoms with E-state index in [1.807, 2.05) is 32.0 Å². The van der Waals surface area contributed by atoms with Gasteiger partial charge in [0.1, 0.15) is 0 Å². The molecule has 0 fully saturated rings. The fraction of sp³-hybridized carbons (Fsp3) is 0.176. The third-order valence-electron chi connectivity index (χ3n) is 4.07. The smallest absolute Gasteiger partial charge is 1.00 e. The zero-order chi connectivity index (χ0) is 17.6. The van der Waals surface area contributed by atoms with Gasteiger partial charge >= 0.3 is 29.6 Å². The van der Waals surface area contributed by atoms with E-state index in [2.05, 4.69) is 0 Å². The Kier molecular flexibility index (Phi) is 5.56. The number of aryl methyl sites for hydroxylation is 2. The van der Waals surface area contributed by atoms with E-state index in [1.54, 1.807) is 0 Å². The Bertz CT molecular complexity index is 991. The van der Waals surface area contributed by atoms with Gasteiger partial charge in [0.25, 0.3) is 21.8 Å². The molecule has 2 aromatic rings. The van der Waals surface area contributed by atoms with Crippen LogP contribution in [-0.2, 0) is 21.5 Å². The number of Topliss-reactive ketones (excluding diaryl/α,β-unsaturated/α-hetero) is 1. The van der Waals surface area contributed by atoms with Gasteiger partial charge in [-0.15, -0.1) is 0 Å². The van der Waals surface area contributed by atoms with Crippen LogP contribution in [0.25, 0.3) is 0 Å². The number of hydrogen-bond donors (Lipinski definition) is 1. The molecule has 1 aliphatic heterocycles. The second-order valence-electron chi connectivity index (χ2n) is 5.80. The average Bonchev–Trinajstić information content (AvgIpc) is 2.73. The van der Waals surface area contributed by atoms with Gasteiger partial charge in [-0.05, 0) is 43.2 Å². The topological polar surface area (TPSA) is 91.8 Å². The van der Waals surface area contributed by atoms with Crippen LogP contribution in [-0.4, -0.2) is 24.7 Å². The number of nitrogens with zero attached hydrogens (tertiary/aromatic N) is 1. The van der Waals surface area contributed by atoms with Crippen molar-refractivity contribution in [3.05, 3.63) is 58.7 Å². The molecule has 0 aliphatic carbocycles. The summed E-state index contributed by atoms with van der Waals surface area (Å²) in [6.07, 6.45) is 0. The molecule has 0 bridgehead atoms. The quantitative estimate of drug-likeness (QED) is 0.443. The van der Waals surface area contributed by atoms with Gasteiger partial charge in [-0.1, -0.05) is 23.8 Å². The van der Waals surface area contributed by atoms with Crippen LogP contribution >= 0.6 is 0 Å². The van der Waals surface area contributed by atoms with Crippen LogP contribution in [0.1, 0.15) is 28.5 Å². The van der Waals surface area contributed by atoms with Crippen molar-refractivity contribution in [3.63, 3.8) is 0 Å². The fourth-order valence-corrected chi connectivity index (χ4v) is 3.30. The minimum absolute atomic E-state index is 0. The van der Waals surface area contributed by atoms with Crippen molar-refractivity contribution in [1.29, 1.82) is 0 Å². The summed E-state index contributed by atoms with van der Waals surface area (Å²) >= 11 is 0. The van der Waals surface area contributed by atoms with Crippen LogP contribution in [0.15, 0.2) is 41.3 Å². The summed E-state index contributed by atoms with van der Waals surface area (Å²) in [7, 11) is -4.44. The molecule has 1 aliphatic rings. The van der Waals surface area contributed by atoms with Crippen LogP contribution < -0.4 is 34.5 Å². The van der Waals surface area contributed by atoms with Crippen molar-refractivity contribution in [2.24, 2.45) is 0 Å². The number of carbonyl (C=O) groups is 2. The molecule has 126 valence electrons. The predicted molar refractivity (Wildman–Crippen MR) is 88.8 cm³/mol. The van der Waals surface area contributed by atoms with Crippen molar-refractivity contribution in [2.45, 2.75) is 25.3 Å². The van der Waals surface area contributed by atoms with Gasteiger partial charge in [0.15, 0.2) is 0 Å². The first-order valence-corrected chi connectivity index (χ1v) is 8.66. The van der Waals surface area contributed by atoms with E-state index in [9.17, 15) is 18.0 Å². The standard InChI is InChI=1S/C17H15NO5S.Na.H/c1-10-3-4-12(11(2)7-10)9-18-15-6-5-13(24(21,22)23)8-14(15)16(19)17(18)20;;/h3-8H,9H2,1-2H3,(H,21,22,23);;/q;+1;-1. The number of amides is 1. The summed E-state index contributed by atoms with van der Waals surface area (Å²) < 4.78 is 31.5. The SMILES string of the molecule is Cc1ccc(CN2C(=O)C(=O)c3cc(S(=O)(=O)O)ccc32)c(C)c1.[H-].[Na+]. The van der Waals surface area contributed by atoms with Crippen LogP contribution in [0, 0.1) is 13.8 Å². The van der Waals surface area contributed by atoms with Gasteiger partial charge in [-0.2, -0.15) is 8.42 Å². The Morgan fingerprint density at radius 2 is 1.76 bits per heavy atom. The van der Waals surface area contributed by atoms with E-state index < -0.39 is 26.7 Å². The first-order valence-electron chi connectivity index (χ1n) is 7.22. The van der Waals surface area contributed by atoms with Crippen molar-refractivity contribution in [3.8, 4) is 0 Å². The molecular weight excluding hydrogens is 353 g/mol. The number of ketones is 1. The first-order chi connectivity index (χ1) is 11.2. The molecule has 0 saturated heterocycles. The summed E-state index contributed by atoms with van der Waals surface area (Å²) in [6, 6.07) is 9.38. The molecule has 0 atom stereocenters.